The highest BCUT2D eigenvalue weighted by Crippen LogP contribution is 2.31. The van der Waals surface area contributed by atoms with E-state index in [1.807, 2.05) is 0 Å². The number of nitrogens with one attached hydrogen (secondary N) is 1. The van der Waals surface area contributed by atoms with Gasteiger partial charge in [-0.1, -0.05) is 13.8 Å². The Labute approximate surface area is 96.1 Å². The van der Waals surface area contributed by atoms with E-state index in [9.17, 15) is 0 Å². The van der Waals surface area contributed by atoms with Crippen LogP contribution in [0.25, 0.3) is 0 Å². The average molecular weight is 224 g/mol. The van der Waals surface area contributed by atoms with E-state index < -0.39 is 0 Å². The van der Waals surface area contributed by atoms with Gasteiger partial charge in [0.15, 0.2) is 0 Å². The largest absolute Gasteiger partial charge is 0.308 e. The molecular weight excluding hydrogens is 204 g/mol. The Morgan fingerprint density at radius 2 is 2.27 bits per heavy atom. The number of aryl methyl sites for hydroxylation is 1. The molecule has 3 unspecified atom stereocenters. The number of rotatable bonds is 3. The van der Waals surface area contributed by atoms with Crippen LogP contribution in [-0.4, -0.2) is 11.0 Å². The van der Waals surface area contributed by atoms with Crippen molar-refractivity contribution in [3.05, 3.63) is 16.1 Å². The van der Waals surface area contributed by atoms with Crippen LogP contribution in [-0.2, 0) is 6.54 Å². The van der Waals surface area contributed by atoms with E-state index in [-0.39, 0.29) is 0 Å². The summed E-state index contributed by atoms with van der Waals surface area (Å²) in [5.41, 5.74) is 1.20. The lowest BCUT2D eigenvalue weighted by Crippen LogP contribution is -2.31. The van der Waals surface area contributed by atoms with Crippen LogP contribution < -0.4 is 5.32 Å². The van der Waals surface area contributed by atoms with Gasteiger partial charge in [-0.3, -0.25) is 0 Å². The van der Waals surface area contributed by atoms with Crippen molar-refractivity contribution < 1.29 is 0 Å². The average Bonchev–Trinajstić information content (AvgIpc) is 2.74. The zero-order valence-corrected chi connectivity index (χ0v) is 10.6. The monoisotopic (exact) mass is 224 g/mol. The molecule has 0 radical (unpaired) electrons. The Hall–Kier alpha value is -0.410. The van der Waals surface area contributed by atoms with Crippen molar-refractivity contribution in [3.8, 4) is 0 Å². The van der Waals surface area contributed by atoms with Crippen LogP contribution in [0.1, 0.15) is 37.4 Å². The summed E-state index contributed by atoms with van der Waals surface area (Å²) in [5, 5.41) is 6.96. The Kier molecular flexibility index (Phi) is 3.42. The molecule has 1 aromatic rings. The predicted molar refractivity (Wildman–Crippen MR) is 65.0 cm³/mol. The van der Waals surface area contributed by atoms with Gasteiger partial charge in [0, 0.05) is 18.0 Å². The molecular formula is C12H20N2S. The maximum atomic E-state index is 4.47. The van der Waals surface area contributed by atoms with Crippen LogP contribution >= 0.6 is 11.3 Å². The number of nitrogens with zero attached hydrogens (tertiary/aromatic N) is 1. The molecule has 15 heavy (non-hydrogen) atoms. The molecule has 1 N–H and O–H groups in total. The molecule has 0 saturated heterocycles. The van der Waals surface area contributed by atoms with Gasteiger partial charge in [-0.15, -0.1) is 11.3 Å². The highest BCUT2D eigenvalue weighted by Gasteiger charge is 2.29. The first kappa shape index (κ1) is 11.1. The third-order valence-corrected chi connectivity index (χ3v) is 4.50. The van der Waals surface area contributed by atoms with Crippen molar-refractivity contribution >= 4 is 11.3 Å². The van der Waals surface area contributed by atoms with Gasteiger partial charge in [-0.25, -0.2) is 4.98 Å². The summed E-state index contributed by atoms with van der Waals surface area (Å²) in [7, 11) is 0. The Bertz CT molecular complexity index is 321. The number of aromatic nitrogens is 1. The molecule has 1 aliphatic carbocycles. The van der Waals surface area contributed by atoms with E-state index in [1.165, 1.54) is 23.5 Å². The lowest BCUT2D eigenvalue weighted by molar-refractivity contribution is 0.369. The van der Waals surface area contributed by atoms with Crippen molar-refractivity contribution in [2.75, 3.05) is 0 Å². The molecule has 0 spiro atoms. The van der Waals surface area contributed by atoms with Gasteiger partial charge < -0.3 is 5.32 Å². The first-order valence-corrected chi connectivity index (χ1v) is 6.69. The van der Waals surface area contributed by atoms with E-state index in [0.29, 0.717) is 6.04 Å². The fraction of sp³-hybridized carbons (Fsp3) is 0.750. The van der Waals surface area contributed by atoms with E-state index in [0.717, 1.165) is 18.4 Å². The van der Waals surface area contributed by atoms with Crippen molar-refractivity contribution in [2.45, 2.75) is 46.2 Å². The second-order valence-corrected chi connectivity index (χ2v) is 5.82. The molecule has 1 aliphatic rings. The lowest BCUT2D eigenvalue weighted by Gasteiger charge is -2.19. The highest BCUT2D eigenvalue weighted by molar-refractivity contribution is 7.09. The molecule has 1 aromatic heterocycles. The van der Waals surface area contributed by atoms with Gasteiger partial charge in [-0.2, -0.15) is 0 Å². The molecule has 0 amide bonds. The third kappa shape index (κ3) is 2.58. The number of hydrogen-bond acceptors (Lipinski definition) is 3. The fourth-order valence-corrected chi connectivity index (χ4v) is 2.99. The van der Waals surface area contributed by atoms with Gasteiger partial charge in [0.25, 0.3) is 0 Å². The molecule has 0 bridgehead atoms. The van der Waals surface area contributed by atoms with Gasteiger partial charge in [-0.05, 0) is 31.6 Å². The molecule has 0 aromatic carbocycles. The molecule has 3 atom stereocenters. The minimum Gasteiger partial charge on any atom is -0.308 e. The molecule has 1 heterocycles. The van der Waals surface area contributed by atoms with Crippen LogP contribution in [0.2, 0.25) is 0 Å². The highest BCUT2D eigenvalue weighted by atomic mass is 32.1. The van der Waals surface area contributed by atoms with E-state index in [4.69, 9.17) is 0 Å². The SMILES string of the molecule is Cc1nc(CNC2CCC(C)C2C)cs1. The van der Waals surface area contributed by atoms with Crippen LogP contribution in [0.3, 0.4) is 0 Å². The summed E-state index contributed by atoms with van der Waals surface area (Å²) < 4.78 is 0. The summed E-state index contributed by atoms with van der Waals surface area (Å²) >= 11 is 1.74. The lowest BCUT2D eigenvalue weighted by atomic mass is 9.98. The molecule has 2 nitrogen and oxygen atoms in total. The summed E-state index contributed by atoms with van der Waals surface area (Å²) in [6.07, 6.45) is 2.69. The summed E-state index contributed by atoms with van der Waals surface area (Å²) in [6, 6.07) is 0.696. The summed E-state index contributed by atoms with van der Waals surface area (Å²) in [4.78, 5) is 4.47. The molecule has 1 saturated carbocycles. The quantitative estimate of drug-likeness (QED) is 0.854. The molecule has 0 aliphatic heterocycles. The van der Waals surface area contributed by atoms with Gasteiger partial charge in [0.2, 0.25) is 0 Å². The Morgan fingerprint density at radius 1 is 1.47 bits per heavy atom. The first-order valence-electron chi connectivity index (χ1n) is 5.81. The van der Waals surface area contributed by atoms with E-state index in [2.05, 4.69) is 36.5 Å². The van der Waals surface area contributed by atoms with E-state index >= 15 is 0 Å². The van der Waals surface area contributed by atoms with Crippen LogP contribution in [0.4, 0.5) is 0 Å². The predicted octanol–water partition coefficient (Wildman–Crippen LogP) is 2.98. The Morgan fingerprint density at radius 3 is 2.80 bits per heavy atom. The number of hydrogen-bond donors (Lipinski definition) is 1. The van der Waals surface area contributed by atoms with Crippen molar-refractivity contribution in [1.82, 2.24) is 10.3 Å². The molecule has 2 rings (SSSR count). The smallest absolute Gasteiger partial charge is 0.0897 e. The minimum absolute atomic E-state index is 0.696. The van der Waals surface area contributed by atoms with Gasteiger partial charge >= 0.3 is 0 Å². The van der Waals surface area contributed by atoms with Crippen LogP contribution in [0.15, 0.2) is 5.38 Å². The van der Waals surface area contributed by atoms with Crippen LogP contribution in [0, 0.1) is 18.8 Å². The molecule has 3 heteroatoms. The zero-order valence-electron chi connectivity index (χ0n) is 9.79. The molecule has 1 fully saturated rings. The minimum atomic E-state index is 0.696. The first-order chi connectivity index (χ1) is 7.16. The molecule has 84 valence electrons. The van der Waals surface area contributed by atoms with E-state index in [1.54, 1.807) is 11.3 Å². The third-order valence-electron chi connectivity index (χ3n) is 3.68. The second-order valence-electron chi connectivity index (χ2n) is 4.76. The fourth-order valence-electron chi connectivity index (χ4n) is 2.38. The number of thiazole rings is 1. The normalized spacial score (nSPS) is 31.0. The standard InChI is InChI=1S/C12H20N2S/c1-8-4-5-12(9(8)2)13-6-11-7-15-10(3)14-11/h7-9,12-13H,4-6H2,1-3H3. The summed E-state index contributed by atoms with van der Waals surface area (Å²) in [5.74, 6) is 1.68. The topological polar surface area (TPSA) is 24.9 Å². The van der Waals surface area contributed by atoms with Crippen molar-refractivity contribution in [1.29, 1.82) is 0 Å². The van der Waals surface area contributed by atoms with Crippen molar-refractivity contribution in [3.63, 3.8) is 0 Å². The maximum absolute atomic E-state index is 4.47. The van der Waals surface area contributed by atoms with Gasteiger partial charge in [0.05, 0.1) is 10.7 Å². The summed E-state index contributed by atoms with van der Waals surface area (Å²) in [6.45, 7) is 7.72. The Balaban J connectivity index is 1.83. The van der Waals surface area contributed by atoms with Crippen LogP contribution in [0.5, 0.6) is 0 Å². The maximum Gasteiger partial charge on any atom is 0.0897 e. The van der Waals surface area contributed by atoms with Gasteiger partial charge in [0.1, 0.15) is 0 Å². The second kappa shape index (κ2) is 4.62. The van der Waals surface area contributed by atoms with Crippen molar-refractivity contribution in [2.24, 2.45) is 11.8 Å². The zero-order chi connectivity index (χ0) is 10.8.